The van der Waals surface area contributed by atoms with E-state index in [1.165, 1.54) is 0 Å². The van der Waals surface area contributed by atoms with Gasteiger partial charge in [0.25, 0.3) is 0 Å². The molecule has 8 aromatic heterocycles. The first-order valence-electron chi connectivity index (χ1n) is 38.5. The Bertz CT molecular complexity index is 5680. The van der Waals surface area contributed by atoms with Crippen LogP contribution in [0.1, 0.15) is 175 Å². The highest BCUT2D eigenvalue weighted by Gasteiger charge is 2.37. The fourth-order valence-electron chi connectivity index (χ4n) is 13.4. The van der Waals surface area contributed by atoms with E-state index in [9.17, 15) is 40.2 Å². The first kappa shape index (κ1) is 85.5. The molecule has 0 unspecified atom stereocenters. The van der Waals surface area contributed by atoms with Crippen LogP contribution in [-0.2, 0) is 60.3 Å². The number of carboxylic acids is 1. The zero-order chi connectivity index (χ0) is 84.7. The van der Waals surface area contributed by atoms with Gasteiger partial charge in [0.2, 0.25) is 17.8 Å². The molecule has 33 nitrogen and oxygen atoms in total. The molecule has 3 saturated carbocycles. The summed E-state index contributed by atoms with van der Waals surface area (Å²) in [5.41, 5.74) is 16.3. The first-order chi connectivity index (χ1) is 57.1. The quantitative estimate of drug-likeness (QED) is 0.0103. The lowest BCUT2D eigenvalue weighted by atomic mass is 9.97. The average molecular weight is 1600 g/mol. The van der Waals surface area contributed by atoms with Gasteiger partial charge in [0.1, 0.15) is 64.7 Å². The van der Waals surface area contributed by atoms with E-state index in [1.54, 1.807) is 142 Å². The number of rotatable bonds is 23. The van der Waals surface area contributed by atoms with Crippen molar-refractivity contribution in [2.24, 2.45) is 5.11 Å². The average Bonchev–Trinajstić information content (AvgIpc) is 1.76. The van der Waals surface area contributed by atoms with Crippen LogP contribution in [-0.4, -0.2) is 144 Å². The minimum atomic E-state index is -1.05. The van der Waals surface area contributed by atoms with Crippen molar-refractivity contribution in [1.82, 2.24) is 74.8 Å². The third-order valence-electron chi connectivity index (χ3n) is 18.9. The Kier molecular flexibility index (Phi) is 27.9. The summed E-state index contributed by atoms with van der Waals surface area (Å²) in [5.74, 6) is 1.09. The third kappa shape index (κ3) is 24.4. The number of nitrogens with zero attached hydrogens (tertiary/aromatic N) is 21. The molecule has 0 radical (unpaired) electrons. The molecular formula is C86H88N24O9. The van der Waals surface area contributed by atoms with Gasteiger partial charge in [-0.1, -0.05) is 115 Å². The predicted octanol–water partition coefficient (Wildman–Crippen LogP) is 12.6. The highest BCUT2D eigenvalue weighted by Crippen LogP contribution is 2.40. The summed E-state index contributed by atoms with van der Waals surface area (Å²) in [5, 5.41) is 97.9. The maximum absolute atomic E-state index is 12.3. The van der Waals surface area contributed by atoms with Crippen molar-refractivity contribution in [3.8, 4) is 87.1 Å². The van der Waals surface area contributed by atoms with E-state index < -0.39 is 45.9 Å². The molecular weight excluding hydrogens is 1510 g/mol. The normalized spacial score (nSPS) is 14.0. The second kappa shape index (κ2) is 38.9. The van der Waals surface area contributed by atoms with Crippen molar-refractivity contribution in [2.45, 2.75) is 166 Å². The smallest absolute Gasteiger partial charge is 0.325 e. The Labute approximate surface area is 686 Å². The molecule has 0 atom stereocenters. The number of aromatic nitrogens is 15. The molecule has 0 spiro atoms. The molecule has 0 aliphatic heterocycles. The van der Waals surface area contributed by atoms with Gasteiger partial charge in [0.15, 0.2) is 0 Å². The molecule has 8 heterocycles. The summed E-state index contributed by atoms with van der Waals surface area (Å²) >= 11 is 0. The molecule has 606 valence electrons. The molecule has 11 aromatic rings. The van der Waals surface area contributed by atoms with Gasteiger partial charge >= 0.3 is 17.9 Å². The highest BCUT2D eigenvalue weighted by molar-refractivity contribution is 5.77. The van der Waals surface area contributed by atoms with Crippen molar-refractivity contribution >= 4 is 35.8 Å². The molecule has 119 heavy (non-hydrogen) atoms. The van der Waals surface area contributed by atoms with E-state index in [0.717, 1.165) is 68.3 Å². The van der Waals surface area contributed by atoms with E-state index in [4.69, 9.17) is 36.8 Å². The summed E-state index contributed by atoms with van der Waals surface area (Å²) in [6.45, 7) is 11.2. The van der Waals surface area contributed by atoms with Gasteiger partial charge in [-0.05, 0) is 177 Å². The fourth-order valence-corrected chi connectivity index (χ4v) is 13.4. The van der Waals surface area contributed by atoms with E-state index in [0.29, 0.717) is 135 Å². The van der Waals surface area contributed by atoms with Gasteiger partial charge in [-0.15, -0.1) is 16.6 Å². The van der Waals surface area contributed by atoms with Crippen LogP contribution in [0.4, 0.5) is 17.8 Å². The van der Waals surface area contributed by atoms with Gasteiger partial charge in [0.05, 0.1) is 124 Å². The monoisotopic (exact) mass is 1600 g/mol. The van der Waals surface area contributed by atoms with Crippen LogP contribution in [0.15, 0.2) is 163 Å². The molecule has 7 N–H and O–H groups in total. The van der Waals surface area contributed by atoms with Crippen LogP contribution in [0.2, 0.25) is 0 Å². The number of benzene rings is 3. The van der Waals surface area contributed by atoms with Crippen molar-refractivity contribution in [3.05, 3.63) is 225 Å². The minimum Gasteiger partial charge on any atom is -0.480 e. The lowest BCUT2D eigenvalue weighted by Gasteiger charge is -2.21. The zero-order valence-corrected chi connectivity index (χ0v) is 66.5. The van der Waals surface area contributed by atoms with Crippen LogP contribution in [0.3, 0.4) is 0 Å². The number of aliphatic hydroxyl groups is 3. The van der Waals surface area contributed by atoms with E-state index in [1.807, 2.05) is 66.7 Å². The molecule has 0 bridgehead atoms. The number of nitrogens with one attached hydrogen (secondary N) is 3. The van der Waals surface area contributed by atoms with Crippen molar-refractivity contribution in [2.75, 3.05) is 35.6 Å². The SMILES string of the molecule is C#Cc1cc(-c2cccc(C#N)c2)nc(NCC(=O)OC(C)(C)C)n1.CC(C)(C)OC(=O)CNc1nc(-c2cccc(C#N)c2)cc(-c2cn(Cc3cccc(C4(O)CCCC4)n3)nn2)n1.N#Cc1cccc(-c2cc(-c3cn(Cc4cccc(C5(O)CCCC5)n4)nn3)nc(NCC(=O)O)n2)c1.[N-]=[N+]=NCc1cccc(C2(O)CCCC2)n1. The molecule has 33 heteroatoms. The van der Waals surface area contributed by atoms with Crippen molar-refractivity contribution in [1.29, 1.82) is 15.8 Å². The van der Waals surface area contributed by atoms with Crippen molar-refractivity contribution in [3.63, 3.8) is 0 Å². The first-order valence-corrected chi connectivity index (χ1v) is 38.5. The van der Waals surface area contributed by atoms with Gasteiger partial charge in [0, 0.05) is 27.3 Å². The fraction of sp³-hybridized carbons (Fsp3) is 0.337. The predicted molar refractivity (Wildman–Crippen MR) is 438 cm³/mol. The summed E-state index contributed by atoms with van der Waals surface area (Å²) in [7, 11) is 0. The minimum absolute atomic E-state index is 0.0804. The number of hydrogen-bond donors (Lipinski definition) is 7. The number of carbonyl (C=O) groups is 3. The molecule has 0 amide bonds. The van der Waals surface area contributed by atoms with E-state index in [-0.39, 0.29) is 44.0 Å². The molecule has 3 aliphatic rings. The van der Waals surface area contributed by atoms with Gasteiger partial charge < -0.3 is 45.9 Å². The number of esters is 2. The lowest BCUT2D eigenvalue weighted by Crippen LogP contribution is -2.28. The molecule has 3 aliphatic carbocycles. The van der Waals surface area contributed by atoms with E-state index >= 15 is 0 Å². The van der Waals surface area contributed by atoms with Crippen LogP contribution < -0.4 is 16.0 Å². The number of aliphatic carboxylic acids is 1. The van der Waals surface area contributed by atoms with Gasteiger partial charge in [-0.3, -0.25) is 29.3 Å². The molecule has 3 fully saturated rings. The zero-order valence-electron chi connectivity index (χ0n) is 66.5. The largest absolute Gasteiger partial charge is 0.480 e. The molecule has 3 aromatic carbocycles. The Balaban J connectivity index is 0.000000163. The van der Waals surface area contributed by atoms with Gasteiger partial charge in [-0.2, -0.15) is 15.8 Å². The Hall–Kier alpha value is -14.3. The Morgan fingerprint density at radius 1 is 0.479 bits per heavy atom. The standard InChI is InChI=1S/C30H32N8O3.C26H24N8O3.C19H18N4O2.C11H14N4O/c1-29(2,3)41-27(39)17-32-28-34-23(21-9-6-8-20(14-21)16-31)15-24(35-28)25-19-38(37-36-25)18-22-10-7-11-26(33-22)30(40)12-4-5-13-30;27-13-17-5-3-6-18(11-17)20-12-21(31-25(30-20)28-14-24(35)36)22-16-34(33-32-22)15-19-7-4-8-23(29-19)26(37)9-1-2-10-26;1-5-15-10-16(14-8-6-7-13(9-14)11-20)23-18(22-15)21-12-17(24)25-19(2,3)4;12-15-13-8-9-4-3-5-10(14-9)11(16)6-1-2-7-11/h6-11,14-15,19,40H,4-5,12-13,17-18H2,1-3H3,(H,32,34,35);3-8,11-12,16,37H,1-2,9-10,14-15H2,(H,35,36)(H,28,30,31);1,6-10H,12H2,2-4H3,(H,21,22,23);3-5,16H,1-2,6-8H2. The third-order valence-corrected chi connectivity index (χ3v) is 18.9. The number of hydrogen-bond acceptors (Lipinski definition) is 28. The number of azide groups is 1. The number of ether oxygens (including phenoxy) is 2. The maximum atomic E-state index is 12.3. The summed E-state index contributed by atoms with van der Waals surface area (Å²) in [6, 6.07) is 49.2. The Morgan fingerprint density at radius 2 is 0.824 bits per heavy atom. The van der Waals surface area contributed by atoms with E-state index in [2.05, 4.69) is 111 Å². The number of carbonyl (C=O) groups excluding carboxylic acids is 2. The van der Waals surface area contributed by atoms with Gasteiger partial charge in [-0.25, -0.2) is 39.3 Å². The number of carboxylic acid groups (broad SMARTS) is 1. The van der Waals surface area contributed by atoms with Crippen molar-refractivity contribution < 1.29 is 44.3 Å². The highest BCUT2D eigenvalue weighted by atomic mass is 16.6. The second-order valence-corrected chi connectivity index (χ2v) is 30.5. The Morgan fingerprint density at radius 3 is 1.18 bits per heavy atom. The summed E-state index contributed by atoms with van der Waals surface area (Å²) in [4.78, 5) is 78.1. The number of terminal acetylenes is 1. The maximum Gasteiger partial charge on any atom is 0.325 e. The van der Waals surface area contributed by atoms with Crippen LogP contribution in [0.5, 0.6) is 0 Å². The van der Waals surface area contributed by atoms with Crippen LogP contribution in [0.25, 0.3) is 67.0 Å². The molecule has 14 rings (SSSR count). The van der Waals surface area contributed by atoms with Crippen LogP contribution in [0, 0.1) is 46.3 Å². The topological polar surface area (TPSA) is 484 Å². The summed E-state index contributed by atoms with van der Waals surface area (Å²) in [6.07, 6.45) is 19.4. The van der Waals surface area contributed by atoms with Crippen LogP contribution >= 0.6 is 0 Å². The number of anilines is 3. The second-order valence-electron chi connectivity index (χ2n) is 30.5. The summed E-state index contributed by atoms with van der Waals surface area (Å²) < 4.78 is 13.9. The number of nitriles is 3. The molecule has 0 saturated heterocycles. The lowest BCUT2D eigenvalue weighted by molar-refractivity contribution is -0.153. The number of pyridine rings is 3.